The van der Waals surface area contributed by atoms with Gasteiger partial charge in [0.2, 0.25) is 0 Å². The Bertz CT molecular complexity index is 831. The molecule has 0 fully saturated rings. The van der Waals surface area contributed by atoms with E-state index in [4.69, 9.17) is 0 Å². The fourth-order valence-electron chi connectivity index (χ4n) is 1.78. The summed E-state index contributed by atoms with van der Waals surface area (Å²) in [6, 6.07) is 0.879. The Hall–Kier alpha value is -3.27. The molecule has 0 saturated heterocycles. The number of H-pyrrole nitrogens is 1. The lowest BCUT2D eigenvalue weighted by atomic mass is 10.2. The molecule has 10 heteroatoms. The molecule has 3 heterocycles. The van der Waals surface area contributed by atoms with E-state index in [1.165, 1.54) is 24.7 Å². The quantitative estimate of drug-likeness (QED) is 0.580. The molecule has 2 amide bonds. The SMILES string of the molecule is O=C(Nc1cnccn1)Nc1sc(-c2cn[nH]c2)cc1C(=O)O. The topological polar surface area (TPSA) is 133 Å². The largest absolute Gasteiger partial charge is 0.478 e. The average molecular weight is 330 g/mol. The van der Waals surface area contributed by atoms with Gasteiger partial charge in [0.25, 0.3) is 0 Å². The first-order valence-electron chi connectivity index (χ1n) is 6.34. The number of aromatic nitrogens is 4. The predicted octanol–water partition coefficient (Wildman–Crippen LogP) is 2.27. The molecule has 0 radical (unpaired) electrons. The van der Waals surface area contributed by atoms with Crippen molar-refractivity contribution in [3.8, 4) is 10.4 Å². The van der Waals surface area contributed by atoms with Crippen molar-refractivity contribution >= 4 is 34.2 Å². The maximum Gasteiger partial charge on any atom is 0.338 e. The molecule has 0 bridgehead atoms. The molecule has 0 aliphatic carbocycles. The Balaban J connectivity index is 1.81. The van der Waals surface area contributed by atoms with E-state index in [2.05, 4.69) is 30.8 Å². The van der Waals surface area contributed by atoms with E-state index in [-0.39, 0.29) is 16.4 Å². The number of carbonyl (C=O) groups is 2. The van der Waals surface area contributed by atoms with Gasteiger partial charge >= 0.3 is 12.0 Å². The Morgan fingerprint density at radius 1 is 1.22 bits per heavy atom. The van der Waals surface area contributed by atoms with Gasteiger partial charge in [-0.25, -0.2) is 14.6 Å². The molecule has 3 aromatic heterocycles. The second-order valence-electron chi connectivity index (χ2n) is 4.32. The normalized spacial score (nSPS) is 10.3. The summed E-state index contributed by atoms with van der Waals surface area (Å²) in [5.41, 5.74) is 0.736. The van der Waals surface area contributed by atoms with Gasteiger partial charge in [-0.1, -0.05) is 0 Å². The van der Waals surface area contributed by atoms with Crippen LogP contribution in [0.3, 0.4) is 0 Å². The van der Waals surface area contributed by atoms with Crippen molar-refractivity contribution < 1.29 is 14.7 Å². The van der Waals surface area contributed by atoms with E-state index < -0.39 is 12.0 Å². The summed E-state index contributed by atoms with van der Waals surface area (Å²) in [7, 11) is 0. The third-order valence-electron chi connectivity index (χ3n) is 2.78. The number of aromatic carboxylic acids is 1. The number of urea groups is 1. The van der Waals surface area contributed by atoms with Crippen molar-refractivity contribution in [1.82, 2.24) is 20.2 Å². The van der Waals surface area contributed by atoms with Gasteiger partial charge in [0.05, 0.1) is 18.0 Å². The molecule has 116 valence electrons. The maximum atomic E-state index is 12.0. The summed E-state index contributed by atoms with van der Waals surface area (Å²) < 4.78 is 0. The number of thiophene rings is 1. The molecule has 3 aromatic rings. The van der Waals surface area contributed by atoms with Crippen LogP contribution in [0.25, 0.3) is 10.4 Å². The van der Waals surface area contributed by atoms with Crippen LogP contribution in [-0.2, 0) is 0 Å². The zero-order valence-electron chi connectivity index (χ0n) is 11.5. The summed E-state index contributed by atoms with van der Waals surface area (Å²) in [6.45, 7) is 0. The van der Waals surface area contributed by atoms with E-state index in [0.29, 0.717) is 4.88 Å². The Morgan fingerprint density at radius 3 is 2.74 bits per heavy atom. The third kappa shape index (κ3) is 3.32. The van der Waals surface area contributed by atoms with E-state index in [1.54, 1.807) is 12.4 Å². The lowest BCUT2D eigenvalue weighted by molar-refractivity contribution is 0.0698. The number of carbonyl (C=O) groups excluding carboxylic acids is 1. The highest BCUT2D eigenvalue weighted by molar-refractivity contribution is 7.20. The van der Waals surface area contributed by atoms with Crippen LogP contribution < -0.4 is 10.6 Å². The monoisotopic (exact) mass is 330 g/mol. The van der Waals surface area contributed by atoms with Gasteiger partial charge in [-0.2, -0.15) is 5.10 Å². The van der Waals surface area contributed by atoms with Gasteiger partial charge in [0, 0.05) is 29.0 Å². The molecule has 0 aliphatic heterocycles. The fourth-order valence-corrected chi connectivity index (χ4v) is 2.81. The van der Waals surface area contributed by atoms with Crippen LogP contribution in [0.2, 0.25) is 0 Å². The molecule has 4 N–H and O–H groups in total. The molecule has 0 unspecified atom stereocenters. The lowest BCUT2D eigenvalue weighted by Crippen LogP contribution is -2.20. The van der Waals surface area contributed by atoms with Gasteiger partial charge in [-0.15, -0.1) is 11.3 Å². The van der Waals surface area contributed by atoms with Crippen LogP contribution in [0.5, 0.6) is 0 Å². The number of carboxylic acids is 1. The molecule has 0 saturated carbocycles. The third-order valence-corrected chi connectivity index (χ3v) is 3.88. The van der Waals surface area contributed by atoms with E-state index in [9.17, 15) is 14.7 Å². The summed E-state index contributed by atoms with van der Waals surface area (Å²) >= 11 is 1.14. The number of rotatable bonds is 4. The number of hydrogen-bond donors (Lipinski definition) is 4. The zero-order valence-corrected chi connectivity index (χ0v) is 12.3. The minimum Gasteiger partial charge on any atom is -0.478 e. The van der Waals surface area contributed by atoms with Crippen molar-refractivity contribution in [1.29, 1.82) is 0 Å². The highest BCUT2D eigenvalue weighted by Gasteiger charge is 2.18. The van der Waals surface area contributed by atoms with Crippen LogP contribution in [0.15, 0.2) is 37.1 Å². The van der Waals surface area contributed by atoms with Crippen molar-refractivity contribution in [3.63, 3.8) is 0 Å². The van der Waals surface area contributed by atoms with Crippen molar-refractivity contribution in [2.45, 2.75) is 0 Å². The maximum absolute atomic E-state index is 12.0. The van der Waals surface area contributed by atoms with Gasteiger partial charge < -0.3 is 5.11 Å². The lowest BCUT2D eigenvalue weighted by Gasteiger charge is -2.05. The first kappa shape index (κ1) is 14.7. The molecule has 23 heavy (non-hydrogen) atoms. The standard InChI is InChI=1S/C13H10N6O3S/c20-12(21)8-3-9(7-4-16-17-5-7)23-11(8)19-13(22)18-10-6-14-1-2-15-10/h1-6H,(H,16,17)(H,20,21)(H2,15,18,19,22). The Kier molecular flexibility index (Phi) is 3.97. The summed E-state index contributed by atoms with van der Waals surface area (Å²) in [4.78, 5) is 31.7. The predicted molar refractivity (Wildman–Crippen MR) is 83.5 cm³/mol. The highest BCUT2D eigenvalue weighted by atomic mass is 32.1. The van der Waals surface area contributed by atoms with Gasteiger partial charge in [-0.05, 0) is 6.07 Å². The van der Waals surface area contributed by atoms with E-state index in [1.807, 2.05) is 0 Å². The second kappa shape index (κ2) is 6.23. The highest BCUT2D eigenvalue weighted by Crippen LogP contribution is 2.35. The van der Waals surface area contributed by atoms with Crippen molar-refractivity contribution in [3.05, 3.63) is 42.6 Å². The molecular weight excluding hydrogens is 320 g/mol. The zero-order chi connectivity index (χ0) is 16.2. The minimum absolute atomic E-state index is 0.000459. The Morgan fingerprint density at radius 2 is 2.09 bits per heavy atom. The van der Waals surface area contributed by atoms with Crippen molar-refractivity contribution in [2.24, 2.45) is 0 Å². The number of hydrogen-bond acceptors (Lipinski definition) is 6. The number of aromatic amines is 1. The molecule has 0 aromatic carbocycles. The summed E-state index contributed by atoms with van der Waals surface area (Å²) in [6.07, 6.45) is 7.49. The second-order valence-corrected chi connectivity index (χ2v) is 5.37. The molecule has 0 aliphatic rings. The smallest absolute Gasteiger partial charge is 0.338 e. The van der Waals surface area contributed by atoms with Gasteiger partial charge in [-0.3, -0.25) is 20.7 Å². The van der Waals surface area contributed by atoms with Crippen LogP contribution in [0, 0.1) is 0 Å². The molecular formula is C13H10N6O3S. The van der Waals surface area contributed by atoms with Gasteiger partial charge in [0.1, 0.15) is 5.00 Å². The van der Waals surface area contributed by atoms with Crippen molar-refractivity contribution in [2.75, 3.05) is 10.6 Å². The van der Waals surface area contributed by atoms with Crippen LogP contribution in [0.4, 0.5) is 15.6 Å². The first-order valence-corrected chi connectivity index (χ1v) is 7.15. The van der Waals surface area contributed by atoms with Crippen LogP contribution >= 0.6 is 11.3 Å². The summed E-state index contributed by atoms with van der Waals surface area (Å²) in [5, 5.41) is 20.9. The fraction of sp³-hybridized carbons (Fsp3) is 0. The molecule has 0 spiro atoms. The molecule has 9 nitrogen and oxygen atoms in total. The number of nitrogens with one attached hydrogen (secondary N) is 3. The number of amides is 2. The van der Waals surface area contributed by atoms with E-state index in [0.717, 1.165) is 16.9 Å². The van der Waals surface area contributed by atoms with Crippen LogP contribution in [0.1, 0.15) is 10.4 Å². The number of carboxylic acid groups (broad SMARTS) is 1. The summed E-state index contributed by atoms with van der Waals surface area (Å²) in [5.74, 6) is -0.876. The number of nitrogens with zero attached hydrogens (tertiary/aromatic N) is 3. The first-order chi connectivity index (χ1) is 11.1. The average Bonchev–Trinajstić information content (AvgIpc) is 3.17. The van der Waals surface area contributed by atoms with E-state index >= 15 is 0 Å². The Labute approximate surface area is 133 Å². The molecule has 3 rings (SSSR count). The minimum atomic E-state index is -1.13. The van der Waals surface area contributed by atoms with Gasteiger partial charge in [0.15, 0.2) is 5.82 Å². The number of anilines is 2. The molecule has 0 atom stereocenters. The van der Waals surface area contributed by atoms with Crippen LogP contribution in [-0.4, -0.2) is 37.3 Å².